The van der Waals surface area contributed by atoms with Crippen LogP contribution in [0.5, 0.6) is 11.5 Å². The second-order valence-corrected chi connectivity index (χ2v) is 5.40. The molecule has 0 N–H and O–H groups in total. The molecule has 1 aliphatic rings. The number of carbonyl (C=O) groups is 1. The quantitative estimate of drug-likeness (QED) is 0.777. The molecule has 0 saturated heterocycles. The molecule has 3 nitrogen and oxygen atoms in total. The SMILES string of the molecule is COc1cc(C)c(C(=O)C2CCCC2C)cc1OC. The molecule has 0 aromatic heterocycles. The van der Waals surface area contributed by atoms with Gasteiger partial charge in [0.2, 0.25) is 0 Å². The molecule has 19 heavy (non-hydrogen) atoms. The van der Waals surface area contributed by atoms with Crippen LogP contribution < -0.4 is 9.47 Å². The van der Waals surface area contributed by atoms with E-state index in [-0.39, 0.29) is 11.7 Å². The van der Waals surface area contributed by atoms with E-state index in [1.165, 1.54) is 0 Å². The van der Waals surface area contributed by atoms with E-state index in [1.807, 2.05) is 19.1 Å². The summed E-state index contributed by atoms with van der Waals surface area (Å²) in [5, 5.41) is 0. The summed E-state index contributed by atoms with van der Waals surface area (Å²) in [6.45, 7) is 4.13. The molecule has 0 heterocycles. The Labute approximate surface area is 114 Å². The lowest BCUT2D eigenvalue weighted by Crippen LogP contribution is -2.18. The Bertz CT molecular complexity index is 479. The molecular formula is C16H22O3. The van der Waals surface area contributed by atoms with Crippen molar-refractivity contribution in [3.8, 4) is 11.5 Å². The summed E-state index contributed by atoms with van der Waals surface area (Å²) in [7, 11) is 3.21. The number of Topliss-reactive ketones (excluding diaryl/α,β-unsaturated/α-hetero) is 1. The Morgan fingerprint density at radius 3 is 2.32 bits per heavy atom. The van der Waals surface area contributed by atoms with Crippen molar-refractivity contribution < 1.29 is 14.3 Å². The van der Waals surface area contributed by atoms with E-state index in [9.17, 15) is 4.79 Å². The lowest BCUT2D eigenvalue weighted by atomic mass is 9.88. The minimum Gasteiger partial charge on any atom is -0.493 e. The first-order valence-corrected chi connectivity index (χ1v) is 6.85. The summed E-state index contributed by atoms with van der Waals surface area (Å²) < 4.78 is 10.6. The third kappa shape index (κ3) is 2.60. The van der Waals surface area contributed by atoms with E-state index in [0.717, 1.165) is 30.4 Å². The summed E-state index contributed by atoms with van der Waals surface area (Å²) >= 11 is 0. The molecule has 104 valence electrons. The van der Waals surface area contributed by atoms with Crippen LogP contribution in [-0.2, 0) is 0 Å². The first-order chi connectivity index (χ1) is 9.08. The van der Waals surface area contributed by atoms with Crippen LogP contribution in [0.1, 0.15) is 42.1 Å². The Balaban J connectivity index is 2.36. The van der Waals surface area contributed by atoms with Gasteiger partial charge in [-0.05, 0) is 43.4 Å². The lowest BCUT2D eigenvalue weighted by Gasteiger charge is -2.17. The van der Waals surface area contributed by atoms with Crippen molar-refractivity contribution in [1.82, 2.24) is 0 Å². The number of ether oxygens (including phenoxy) is 2. The number of ketones is 1. The van der Waals surface area contributed by atoms with Crippen LogP contribution in [0.25, 0.3) is 0 Å². The summed E-state index contributed by atoms with van der Waals surface area (Å²) in [6.07, 6.45) is 3.32. The smallest absolute Gasteiger partial charge is 0.166 e. The number of methoxy groups -OCH3 is 2. The molecule has 2 atom stereocenters. The zero-order chi connectivity index (χ0) is 14.0. The first kappa shape index (κ1) is 13.9. The molecule has 0 radical (unpaired) electrons. The summed E-state index contributed by atoms with van der Waals surface area (Å²) in [5.41, 5.74) is 1.73. The number of carbonyl (C=O) groups excluding carboxylic acids is 1. The molecule has 1 aromatic carbocycles. The summed E-state index contributed by atoms with van der Waals surface area (Å²) in [6, 6.07) is 3.70. The van der Waals surface area contributed by atoms with Crippen molar-refractivity contribution >= 4 is 5.78 Å². The largest absolute Gasteiger partial charge is 0.493 e. The van der Waals surface area contributed by atoms with E-state index in [0.29, 0.717) is 17.4 Å². The van der Waals surface area contributed by atoms with Crippen LogP contribution >= 0.6 is 0 Å². The fourth-order valence-corrected chi connectivity index (χ4v) is 2.98. The summed E-state index contributed by atoms with van der Waals surface area (Å²) in [4.78, 5) is 12.6. The Kier molecular flexibility index (Phi) is 4.13. The maximum atomic E-state index is 12.6. The van der Waals surface area contributed by atoms with Gasteiger partial charge in [0.1, 0.15) is 0 Å². The van der Waals surface area contributed by atoms with Crippen molar-refractivity contribution in [1.29, 1.82) is 0 Å². The fraction of sp³-hybridized carbons (Fsp3) is 0.562. The van der Waals surface area contributed by atoms with Gasteiger partial charge in [-0.2, -0.15) is 0 Å². The molecule has 3 heteroatoms. The van der Waals surface area contributed by atoms with Crippen LogP contribution in [0, 0.1) is 18.8 Å². The van der Waals surface area contributed by atoms with Gasteiger partial charge in [-0.15, -0.1) is 0 Å². The maximum absolute atomic E-state index is 12.6. The van der Waals surface area contributed by atoms with Gasteiger partial charge in [-0.1, -0.05) is 13.3 Å². The van der Waals surface area contributed by atoms with Gasteiger partial charge < -0.3 is 9.47 Å². The highest BCUT2D eigenvalue weighted by Gasteiger charge is 2.31. The van der Waals surface area contributed by atoms with Gasteiger partial charge >= 0.3 is 0 Å². The maximum Gasteiger partial charge on any atom is 0.166 e. The third-order valence-corrected chi connectivity index (χ3v) is 4.19. The number of hydrogen-bond donors (Lipinski definition) is 0. The standard InChI is InChI=1S/C16H22O3/c1-10-6-5-7-12(10)16(17)13-9-15(19-4)14(18-3)8-11(13)2/h8-10,12H,5-7H2,1-4H3. The number of rotatable bonds is 4. The Morgan fingerprint density at radius 1 is 1.16 bits per heavy atom. The normalized spacial score (nSPS) is 22.3. The molecule has 0 amide bonds. The highest BCUT2D eigenvalue weighted by molar-refractivity contribution is 6.00. The van der Waals surface area contributed by atoms with Gasteiger partial charge in [-0.3, -0.25) is 4.79 Å². The van der Waals surface area contributed by atoms with Gasteiger partial charge in [0.05, 0.1) is 14.2 Å². The predicted octanol–water partition coefficient (Wildman–Crippen LogP) is 3.63. The zero-order valence-corrected chi connectivity index (χ0v) is 12.2. The highest BCUT2D eigenvalue weighted by atomic mass is 16.5. The molecule has 2 unspecified atom stereocenters. The minimum atomic E-state index is 0.164. The average Bonchev–Trinajstić information content (AvgIpc) is 2.83. The van der Waals surface area contributed by atoms with Gasteiger partial charge in [-0.25, -0.2) is 0 Å². The summed E-state index contributed by atoms with van der Waals surface area (Å²) in [5.74, 6) is 2.21. The van der Waals surface area contributed by atoms with Crippen molar-refractivity contribution in [3.63, 3.8) is 0 Å². The van der Waals surface area contributed by atoms with E-state index < -0.39 is 0 Å². The van der Waals surface area contributed by atoms with Gasteiger partial charge in [0.15, 0.2) is 17.3 Å². The van der Waals surface area contributed by atoms with E-state index >= 15 is 0 Å². The topological polar surface area (TPSA) is 35.5 Å². The van der Waals surface area contributed by atoms with Gasteiger partial charge in [0, 0.05) is 11.5 Å². The molecule has 1 fully saturated rings. The molecular weight excluding hydrogens is 240 g/mol. The van der Waals surface area contributed by atoms with Gasteiger partial charge in [0.25, 0.3) is 0 Å². The molecule has 1 aromatic rings. The molecule has 0 spiro atoms. The van der Waals surface area contributed by atoms with Crippen LogP contribution in [0.4, 0.5) is 0 Å². The van der Waals surface area contributed by atoms with Crippen LogP contribution in [0.2, 0.25) is 0 Å². The van der Waals surface area contributed by atoms with Crippen molar-refractivity contribution in [2.75, 3.05) is 14.2 Å². The van der Waals surface area contributed by atoms with Crippen LogP contribution in [-0.4, -0.2) is 20.0 Å². The number of hydrogen-bond acceptors (Lipinski definition) is 3. The molecule has 1 saturated carbocycles. The molecule has 0 bridgehead atoms. The van der Waals surface area contributed by atoms with Crippen LogP contribution in [0.15, 0.2) is 12.1 Å². The van der Waals surface area contributed by atoms with Crippen molar-refractivity contribution in [2.45, 2.75) is 33.1 Å². The second kappa shape index (κ2) is 5.64. The Morgan fingerprint density at radius 2 is 1.79 bits per heavy atom. The van der Waals surface area contributed by atoms with Crippen molar-refractivity contribution in [2.24, 2.45) is 11.8 Å². The van der Waals surface area contributed by atoms with E-state index in [4.69, 9.17) is 9.47 Å². The zero-order valence-electron chi connectivity index (χ0n) is 12.2. The average molecular weight is 262 g/mol. The highest BCUT2D eigenvalue weighted by Crippen LogP contribution is 2.37. The molecule has 1 aliphatic carbocycles. The lowest BCUT2D eigenvalue weighted by molar-refractivity contribution is 0.0896. The predicted molar refractivity (Wildman–Crippen MR) is 75.1 cm³/mol. The monoisotopic (exact) mass is 262 g/mol. The minimum absolute atomic E-state index is 0.164. The molecule has 0 aliphatic heterocycles. The molecule has 2 rings (SSSR count). The number of aryl methyl sites for hydroxylation is 1. The van der Waals surface area contributed by atoms with E-state index in [1.54, 1.807) is 14.2 Å². The van der Waals surface area contributed by atoms with E-state index in [2.05, 4.69) is 6.92 Å². The van der Waals surface area contributed by atoms with Crippen LogP contribution in [0.3, 0.4) is 0 Å². The third-order valence-electron chi connectivity index (χ3n) is 4.19. The fourth-order valence-electron chi connectivity index (χ4n) is 2.98. The second-order valence-electron chi connectivity index (χ2n) is 5.40. The van der Waals surface area contributed by atoms with Crippen molar-refractivity contribution in [3.05, 3.63) is 23.3 Å². The Hall–Kier alpha value is -1.51. The number of benzene rings is 1. The first-order valence-electron chi connectivity index (χ1n) is 6.85.